The summed E-state index contributed by atoms with van der Waals surface area (Å²) in [6.07, 6.45) is 3.94. The lowest BCUT2D eigenvalue weighted by atomic mass is 9.89. The Hall–Kier alpha value is -0.370. The molecular formula is C13H26NO+. The van der Waals surface area contributed by atoms with Crippen LogP contribution in [0.2, 0.25) is 0 Å². The Bertz CT molecular complexity index is 221. The van der Waals surface area contributed by atoms with Crippen molar-refractivity contribution in [2.75, 3.05) is 26.2 Å². The van der Waals surface area contributed by atoms with E-state index in [4.69, 9.17) is 0 Å². The Balaban J connectivity index is 2.63. The standard InChI is InChI=1S/C13H26NO/c1-5-14(9-7-6-8-10-14)11-12(15)13(2,3)4/h5-11H2,1-4H3/q+1. The summed E-state index contributed by atoms with van der Waals surface area (Å²) in [7, 11) is 0. The topological polar surface area (TPSA) is 17.1 Å². The normalized spacial score (nSPS) is 21.3. The van der Waals surface area contributed by atoms with Crippen molar-refractivity contribution < 1.29 is 9.28 Å². The van der Waals surface area contributed by atoms with Gasteiger partial charge in [-0.1, -0.05) is 20.8 Å². The lowest BCUT2D eigenvalue weighted by Crippen LogP contribution is -2.55. The molecule has 1 aliphatic heterocycles. The number of carbonyl (C=O) groups excluding carboxylic acids is 1. The zero-order valence-electron chi connectivity index (χ0n) is 10.8. The van der Waals surface area contributed by atoms with Crippen molar-refractivity contribution >= 4 is 5.78 Å². The molecule has 1 rings (SSSR count). The van der Waals surface area contributed by atoms with Gasteiger partial charge in [-0.05, 0) is 26.2 Å². The SMILES string of the molecule is CC[N+]1(CC(=O)C(C)(C)C)CCCCC1. The number of piperidine rings is 1. The highest BCUT2D eigenvalue weighted by Crippen LogP contribution is 2.23. The van der Waals surface area contributed by atoms with Crippen LogP contribution in [0, 0.1) is 5.41 Å². The number of ketones is 1. The smallest absolute Gasteiger partial charge is 0.192 e. The number of hydrogen-bond donors (Lipinski definition) is 0. The molecule has 0 aromatic rings. The third kappa shape index (κ3) is 3.30. The van der Waals surface area contributed by atoms with Gasteiger partial charge in [0.2, 0.25) is 0 Å². The van der Waals surface area contributed by atoms with Crippen LogP contribution in [0.3, 0.4) is 0 Å². The molecule has 1 saturated heterocycles. The van der Waals surface area contributed by atoms with E-state index in [9.17, 15) is 4.79 Å². The molecule has 2 nitrogen and oxygen atoms in total. The lowest BCUT2D eigenvalue weighted by Gasteiger charge is -2.41. The first-order valence-corrected chi connectivity index (χ1v) is 6.28. The highest BCUT2D eigenvalue weighted by atomic mass is 16.1. The van der Waals surface area contributed by atoms with Gasteiger partial charge in [0.1, 0.15) is 6.54 Å². The molecule has 0 unspecified atom stereocenters. The van der Waals surface area contributed by atoms with E-state index in [0.29, 0.717) is 5.78 Å². The predicted octanol–water partition coefficient (Wildman–Crippen LogP) is 2.62. The second-order valence-electron chi connectivity index (χ2n) is 6.00. The van der Waals surface area contributed by atoms with Gasteiger partial charge >= 0.3 is 0 Å². The van der Waals surface area contributed by atoms with Gasteiger partial charge < -0.3 is 4.48 Å². The van der Waals surface area contributed by atoms with E-state index < -0.39 is 0 Å². The van der Waals surface area contributed by atoms with Crippen LogP contribution in [0.5, 0.6) is 0 Å². The largest absolute Gasteiger partial charge is 0.318 e. The molecule has 0 spiro atoms. The van der Waals surface area contributed by atoms with Crippen LogP contribution in [0.15, 0.2) is 0 Å². The van der Waals surface area contributed by atoms with E-state index in [-0.39, 0.29) is 5.41 Å². The number of likely N-dealkylation sites (N-methyl/N-ethyl adjacent to an activating group) is 1. The Kier molecular flexibility index (Phi) is 3.93. The Morgan fingerprint density at radius 2 is 1.67 bits per heavy atom. The van der Waals surface area contributed by atoms with Crippen molar-refractivity contribution in [3.63, 3.8) is 0 Å². The number of nitrogens with zero attached hydrogens (tertiary/aromatic N) is 1. The first-order valence-electron chi connectivity index (χ1n) is 6.28. The first kappa shape index (κ1) is 12.7. The predicted molar refractivity (Wildman–Crippen MR) is 63.7 cm³/mol. The molecule has 88 valence electrons. The van der Waals surface area contributed by atoms with Gasteiger partial charge in [0.05, 0.1) is 19.6 Å². The molecule has 0 amide bonds. The van der Waals surface area contributed by atoms with Crippen molar-refractivity contribution in [3.8, 4) is 0 Å². The molecule has 0 N–H and O–H groups in total. The number of likely N-dealkylation sites (tertiary alicyclic amines) is 1. The summed E-state index contributed by atoms with van der Waals surface area (Å²) in [4.78, 5) is 12.1. The highest BCUT2D eigenvalue weighted by Gasteiger charge is 2.34. The number of rotatable bonds is 3. The molecule has 1 aliphatic rings. The van der Waals surface area contributed by atoms with Crippen molar-refractivity contribution in [1.82, 2.24) is 0 Å². The van der Waals surface area contributed by atoms with E-state index in [0.717, 1.165) is 17.6 Å². The third-order valence-corrected chi connectivity index (χ3v) is 3.75. The molecule has 0 aliphatic carbocycles. The fourth-order valence-corrected chi connectivity index (χ4v) is 2.31. The van der Waals surface area contributed by atoms with Crippen molar-refractivity contribution in [2.45, 2.75) is 47.0 Å². The summed E-state index contributed by atoms with van der Waals surface area (Å²) in [6, 6.07) is 0. The molecule has 2 heteroatoms. The van der Waals surface area contributed by atoms with Gasteiger partial charge in [0, 0.05) is 5.41 Å². The van der Waals surface area contributed by atoms with Crippen LogP contribution in [-0.4, -0.2) is 36.4 Å². The van der Waals surface area contributed by atoms with Crippen LogP contribution in [0.4, 0.5) is 0 Å². The van der Waals surface area contributed by atoms with Crippen molar-refractivity contribution in [3.05, 3.63) is 0 Å². The minimum absolute atomic E-state index is 0.169. The number of hydrogen-bond acceptors (Lipinski definition) is 1. The quantitative estimate of drug-likeness (QED) is 0.657. The highest BCUT2D eigenvalue weighted by molar-refractivity contribution is 5.84. The van der Waals surface area contributed by atoms with E-state index in [1.807, 2.05) is 20.8 Å². The van der Waals surface area contributed by atoms with Gasteiger partial charge in [-0.2, -0.15) is 0 Å². The van der Waals surface area contributed by atoms with Crippen LogP contribution in [0.25, 0.3) is 0 Å². The molecule has 0 aromatic carbocycles. The van der Waals surface area contributed by atoms with Crippen LogP contribution >= 0.6 is 0 Å². The molecular weight excluding hydrogens is 186 g/mol. The number of Topliss-reactive ketones (excluding diaryl/α,β-unsaturated/α-hetero) is 1. The van der Waals surface area contributed by atoms with E-state index in [1.165, 1.54) is 32.4 Å². The fraction of sp³-hybridized carbons (Fsp3) is 0.923. The Morgan fingerprint density at radius 3 is 2.07 bits per heavy atom. The molecule has 0 atom stereocenters. The minimum Gasteiger partial charge on any atom is -0.318 e. The third-order valence-electron chi connectivity index (χ3n) is 3.75. The van der Waals surface area contributed by atoms with Gasteiger partial charge in [-0.25, -0.2) is 0 Å². The summed E-state index contributed by atoms with van der Waals surface area (Å²) in [5.74, 6) is 0.422. The Morgan fingerprint density at radius 1 is 1.13 bits per heavy atom. The maximum absolute atomic E-state index is 12.1. The molecule has 0 bridgehead atoms. The monoisotopic (exact) mass is 212 g/mol. The first-order chi connectivity index (χ1) is 6.90. The minimum atomic E-state index is -0.169. The molecule has 15 heavy (non-hydrogen) atoms. The molecule has 0 saturated carbocycles. The average molecular weight is 212 g/mol. The second-order valence-corrected chi connectivity index (χ2v) is 6.00. The summed E-state index contributed by atoms with van der Waals surface area (Å²) < 4.78 is 1.04. The van der Waals surface area contributed by atoms with Crippen molar-refractivity contribution in [1.29, 1.82) is 0 Å². The second kappa shape index (κ2) is 4.65. The van der Waals surface area contributed by atoms with E-state index in [1.54, 1.807) is 0 Å². The lowest BCUT2D eigenvalue weighted by molar-refractivity contribution is -0.923. The molecule has 0 radical (unpaired) electrons. The zero-order valence-corrected chi connectivity index (χ0v) is 10.8. The summed E-state index contributed by atoms with van der Waals surface area (Å²) >= 11 is 0. The molecule has 0 aromatic heterocycles. The number of quaternary nitrogens is 1. The van der Waals surface area contributed by atoms with Gasteiger partial charge in [0.25, 0.3) is 0 Å². The summed E-state index contributed by atoms with van der Waals surface area (Å²) in [5, 5.41) is 0. The fourth-order valence-electron chi connectivity index (χ4n) is 2.31. The van der Waals surface area contributed by atoms with Gasteiger partial charge in [0.15, 0.2) is 5.78 Å². The molecule has 1 heterocycles. The maximum Gasteiger partial charge on any atom is 0.192 e. The molecule has 1 fully saturated rings. The van der Waals surface area contributed by atoms with E-state index in [2.05, 4.69) is 6.92 Å². The Labute approximate surface area is 94.2 Å². The maximum atomic E-state index is 12.1. The van der Waals surface area contributed by atoms with Crippen LogP contribution < -0.4 is 0 Å². The van der Waals surface area contributed by atoms with Crippen LogP contribution in [0.1, 0.15) is 47.0 Å². The average Bonchev–Trinajstić information content (AvgIpc) is 2.18. The van der Waals surface area contributed by atoms with E-state index >= 15 is 0 Å². The zero-order chi connectivity index (χ0) is 11.5. The van der Waals surface area contributed by atoms with Gasteiger partial charge in [-0.15, -0.1) is 0 Å². The number of carbonyl (C=O) groups is 1. The summed E-state index contributed by atoms with van der Waals surface area (Å²) in [6.45, 7) is 12.6. The van der Waals surface area contributed by atoms with Crippen LogP contribution in [-0.2, 0) is 4.79 Å². The summed E-state index contributed by atoms with van der Waals surface area (Å²) in [5.41, 5.74) is -0.169. The van der Waals surface area contributed by atoms with Gasteiger partial charge in [-0.3, -0.25) is 4.79 Å². The van der Waals surface area contributed by atoms with Crippen molar-refractivity contribution in [2.24, 2.45) is 5.41 Å².